The maximum Gasteiger partial charge on any atom is 0.230 e. The minimum Gasteiger partial charge on any atom is -0.456 e. The van der Waals surface area contributed by atoms with Gasteiger partial charge in [0, 0.05) is 40.9 Å². The van der Waals surface area contributed by atoms with Gasteiger partial charge >= 0.3 is 0 Å². The van der Waals surface area contributed by atoms with Gasteiger partial charge in [0.25, 0.3) is 0 Å². The van der Waals surface area contributed by atoms with Crippen LogP contribution in [0.25, 0.3) is 11.1 Å². The van der Waals surface area contributed by atoms with E-state index in [9.17, 15) is 9.18 Å². The van der Waals surface area contributed by atoms with Gasteiger partial charge in [0.1, 0.15) is 17.3 Å². The Morgan fingerprint density at radius 3 is 2.68 bits per heavy atom. The number of benzene rings is 2. The Hall–Kier alpha value is -3.15. The molecule has 1 fully saturated rings. The first-order valence-corrected chi connectivity index (χ1v) is 12.5. The van der Waals surface area contributed by atoms with Gasteiger partial charge in [-0.05, 0) is 69.7 Å². The Morgan fingerprint density at radius 2 is 1.97 bits per heavy atom. The fraction of sp³-hybridized carbons (Fsp3) is 0.429. The number of rotatable bonds is 7. The third kappa shape index (κ3) is 4.22. The van der Waals surface area contributed by atoms with Crippen molar-refractivity contribution in [3.05, 3.63) is 60.2 Å². The zero-order chi connectivity index (χ0) is 23.8. The molecule has 2 heterocycles. The molecule has 0 radical (unpaired) electrons. The standard InChI is InChI=1S/C28H32FN3O2/c1-4-22(5-2)31-17-20(16-30-31)24-13-14-26-25(27(24)34-23-8-6-7-21(29)15-23)12-9-18(3)32(26)28(33)19-10-11-19/h6-8,13-19,22H,4-5,9-12H2,1-3H3/t18-/m0/s1. The van der Waals surface area contributed by atoms with Crippen molar-refractivity contribution in [2.24, 2.45) is 5.92 Å². The Bertz CT molecular complexity index is 1200. The van der Waals surface area contributed by atoms with E-state index in [0.717, 1.165) is 60.9 Å². The van der Waals surface area contributed by atoms with Crippen molar-refractivity contribution in [2.75, 3.05) is 4.90 Å². The highest BCUT2D eigenvalue weighted by molar-refractivity contribution is 5.99. The van der Waals surface area contributed by atoms with Crippen LogP contribution in [0.15, 0.2) is 48.8 Å². The number of hydrogen-bond acceptors (Lipinski definition) is 3. The van der Waals surface area contributed by atoms with Crippen LogP contribution in [0, 0.1) is 11.7 Å². The first-order chi connectivity index (χ1) is 16.5. The second-order valence-corrected chi connectivity index (χ2v) is 9.55. The molecule has 5 rings (SSSR count). The van der Waals surface area contributed by atoms with E-state index in [1.165, 1.54) is 12.1 Å². The van der Waals surface area contributed by atoms with Crippen LogP contribution in [-0.2, 0) is 11.2 Å². The number of halogens is 1. The highest BCUT2D eigenvalue weighted by Crippen LogP contribution is 2.46. The van der Waals surface area contributed by atoms with Gasteiger partial charge in [-0.3, -0.25) is 9.48 Å². The van der Waals surface area contributed by atoms with Crippen molar-refractivity contribution < 1.29 is 13.9 Å². The van der Waals surface area contributed by atoms with Crippen LogP contribution in [0.3, 0.4) is 0 Å². The number of anilines is 1. The minimum absolute atomic E-state index is 0.138. The maximum absolute atomic E-state index is 14.0. The van der Waals surface area contributed by atoms with Gasteiger partial charge in [0.15, 0.2) is 0 Å². The molecule has 1 aliphatic heterocycles. The van der Waals surface area contributed by atoms with Gasteiger partial charge in [-0.1, -0.05) is 19.9 Å². The van der Waals surface area contributed by atoms with Crippen LogP contribution in [0.1, 0.15) is 64.5 Å². The quantitative estimate of drug-likeness (QED) is 0.384. The number of nitrogens with zero attached hydrogens (tertiary/aromatic N) is 3. The number of fused-ring (bicyclic) bond motifs is 1. The van der Waals surface area contributed by atoms with Gasteiger partial charge in [-0.25, -0.2) is 4.39 Å². The van der Waals surface area contributed by atoms with Crippen LogP contribution < -0.4 is 9.64 Å². The SMILES string of the molecule is CCC(CC)n1cc(-c2ccc3c(c2Oc2cccc(F)c2)CC[C@H](C)N3C(=O)C2CC2)cn1. The third-order valence-corrected chi connectivity index (χ3v) is 7.16. The average Bonchev–Trinajstić information content (AvgIpc) is 3.58. The molecule has 1 amide bonds. The lowest BCUT2D eigenvalue weighted by Crippen LogP contribution is -2.43. The summed E-state index contributed by atoms with van der Waals surface area (Å²) in [4.78, 5) is 15.1. The Balaban J connectivity index is 1.62. The lowest BCUT2D eigenvalue weighted by molar-refractivity contribution is -0.120. The van der Waals surface area contributed by atoms with Crippen molar-refractivity contribution in [1.82, 2.24) is 9.78 Å². The van der Waals surface area contributed by atoms with E-state index in [1.54, 1.807) is 12.1 Å². The van der Waals surface area contributed by atoms with E-state index in [2.05, 4.69) is 32.1 Å². The van der Waals surface area contributed by atoms with E-state index < -0.39 is 0 Å². The number of carbonyl (C=O) groups excluding carboxylic acids is 1. The van der Waals surface area contributed by atoms with Crippen molar-refractivity contribution >= 4 is 11.6 Å². The Labute approximate surface area is 200 Å². The molecule has 2 aliphatic rings. The summed E-state index contributed by atoms with van der Waals surface area (Å²) in [6, 6.07) is 10.8. The van der Waals surface area contributed by atoms with Crippen LogP contribution in [-0.4, -0.2) is 21.7 Å². The summed E-state index contributed by atoms with van der Waals surface area (Å²) in [6.45, 7) is 6.45. The van der Waals surface area contributed by atoms with Gasteiger partial charge in [-0.2, -0.15) is 5.10 Å². The topological polar surface area (TPSA) is 47.4 Å². The fourth-order valence-electron chi connectivity index (χ4n) is 5.00. The van der Waals surface area contributed by atoms with Crippen molar-refractivity contribution in [2.45, 2.75) is 71.4 Å². The smallest absolute Gasteiger partial charge is 0.230 e. The van der Waals surface area contributed by atoms with Crippen LogP contribution in [0.5, 0.6) is 11.5 Å². The number of carbonyl (C=O) groups is 1. The van der Waals surface area contributed by atoms with Gasteiger partial charge in [0.05, 0.1) is 17.9 Å². The zero-order valence-corrected chi connectivity index (χ0v) is 20.1. The Morgan fingerprint density at radius 1 is 1.18 bits per heavy atom. The normalized spacial score (nSPS) is 17.7. The van der Waals surface area contributed by atoms with Crippen LogP contribution >= 0.6 is 0 Å². The highest BCUT2D eigenvalue weighted by atomic mass is 19.1. The molecule has 0 N–H and O–H groups in total. The van der Waals surface area contributed by atoms with Gasteiger partial charge in [-0.15, -0.1) is 0 Å². The molecule has 2 aromatic carbocycles. The molecule has 6 heteroatoms. The zero-order valence-electron chi connectivity index (χ0n) is 20.1. The highest BCUT2D eigenvalue weighted by Gasteiger charge is 2.39. The predicted octanol–water partition coefficient (Wildman–Crippen LogP) is 6.92. The lowest BCUT2D eigenvalue weighted by atomic mass is 9.92. The molecule has 5 nitrogen and oxygen atoms in total. The molecule has 0 bridgehead atoms. The minimum atomic E-state index is -0.343. The molecule has 178 valence electrons. The van der Waals surface area contributed by atoms with E-state index in [4.69, 9.17) is 4.74 Å². The first-order valence-electron chi connectivity index (χ1n) is 12.5. The third-order valence-electron chi connectivity index (χ3n) is 7.16. The molecule has 1 saturated carbocycles. The number of amides is 1. The number of ether oxygens (including phenoxy) is 1. The van der Waals surface area contributed by atoms with Crippen molar-refractivity contribution in [1.29, 1.82) is 0 Å². The van der Waals surface area contributed by atoms with E-state index >= 15 is 0 Å². The predicted molar refractivity (Wildman–Crippen MR) is 132 cm³/mol. The molecule has 0 unspecified atom stereocenters. The summed E-state index contributed by atoms with van der Waals surface area (Å²) < 4.78 is 22.4. The van der Waals surface area contributed by atoms with Crippen molar-refractivity contribution in [3.8, 4) is 22.6 Å². The molecule has 3 aromatic rings. The summed E-state index contributed by atoms with van der Waals surface area (Å²) in [7, 11) is 0. The largest absolute Gasteiger partial charge is 0.456 e. The second kappa shape index (κ2) is 9.24. The maximum atomic E-state index is 14.0. The number of aromatic nitrogens is 2. The Kier molecular flexibility index (Phi) is 6.15. The number of hydrogen-bond donors (Lipinski definition) is 0. The van der Waals surface area contributed by atoms with Gasteiger partial charge < -0.3 is 9.64 Å². The average molecular weight is 462 g/mol. The molecule has 1 atom stereocenters. The van der Waals surface area contributed by atoms with Crippen LogP contribution in [0.4, 0.5) is 10.1 Å². The first kappa shape index (κ1) is 22.6. The summed E-state index contributed by atoms with van der Waals surface area (Å²) in [5.41, 5.74) is 3.79. The second-order valence-electron chi connectivity index (χ2n) is 9.55. The molecule has 0 saturated heterocycles. The molecule has 1 aliphatic carbocycles. The molecule has 34 heavy (non-hydrogen) atoms. The molecule has 1 aromatic heterocycles. The van der Waals surface area contributed by atoms with Gasteiger partial charge in [0.2, 0.25) is 5.91 Å². The molecular formula is C28H32FN3O2. The molecule has 0 spiro atoms. The summed E-state index contributed by atoms with van der Waals surface area (Å²) in [6.07, 6.45) is 9.54. The summed E-state index contributed by atoms with van der Waals surface area (Å²) in [5, 5.41) is 4.63. The van der Waals surface area contributed by atoms with Crippen LogP contribution in [0.2, 0.25) is 0 Å². The monoisotopic (exact) mass is 461 g/mol. The molecular weight excluding hydrogens is 429 g/mol. The fourth-order valence-corrected chi connectivity index (χ4v) is 5.00. The summed E-state index contributed by atoms with van der Waals surface area (Å²) in [5.74, 6) is 1.14. The van der Waals surface area contributed by atoms with E-state index in [1.807, 2.05) is 27.9 Å². The van der Waals surface area contributed by atoms with E-state index in [0.29, 0.717) is 17.5 Å². The van der Waals surface area contributed by atoms with E-state index in [-0.39, 0.29) is 23.7 Å². The summed E-state index contributed by atoms with van der Waals surface area (Å²) >= 11 is 0. The van der Waals surface area contributed by atoms with Crippen molar-refractivity contribution in [3.63, 3.8) is 0 Å². The lowest BCUT2D eigenvalue weighted by Gasteiger charge is -2.36.